The zero-order chi connectivity index (χ0) is 21.5. The fraction of sp³-hybridized carbons (Fsp3) is 0.174. The second kappa shape index (κ2) is 9.56. The van der Waals surface area contributed by atoms with Gasteiger partial charge in [-0.1, -0.05) is 36.4 Å². The van der Waals surface area contributed by atoms with E-state index in [0.717, 1.165) is 11.1 Å². The summed E-state index contributed by atoms with van der Waals surface area (Å²) in [6.07, 6.45) is 0. The predicted octanol–water partition coefficient (Wildman–Crippen LogP) is 3.63. The number of nitrogens with one attached hydrogen (secondary N) is 1. The van der Waals surface area contributed by atoms with E-state index in [1.54, 1.807) is 43.5 Å². The number of furan rings is 1. The van der Waals surface area contributed by atoms with E-state index < -0.39 is 18.5 Å². The molecule has 0 aliphatic carbocycles. The van der Waals surface area contributed by atoms with Crippen molar-refractivity contribution in [1.82, 2.24) is 5.32 Å². The smallest absolute Gasteiger partial charge is 0.374 e. The highest BCUT2D eigenvalue weighted by atomic mass is 16.5. The average Bonchev–Trinajstić information content (AvgIpc) is 3.26. The fourth-order valence-corrected chi connectivity index (χ4v) is 2.71. The zero-order valence-corrected chi connectivity index (χ0v) is 16.6. The molecular formula is C23H21NO6. The van der Waals surface area contributed by atoms with E-state index in [1.807, 2.05) is 18.2 Å². The molecule has 2 aromatic carbocycles. The Morgan fingerprint density at radius 2 is 1.77 bits per heavy atom. The van der Waals surface area contributed by atoms with Gasteiger partial charge in [0.25, 0.3) is 5.91 Å². The second-order valence-corrected chi connectivity index (χ2v) is 6.50. The molecule has 0 radical (unpaired) electrons. The monoisotopic (exact) mass is 407 g/mol. The molecular weight excluding hydrogens is 386 g/mol. The lowest BCUT2D eigenvalue weighted by Crippen LogP contribution is -2.28. The molecule has 1 heterocycles. The predicted molar refractivity (Wildman–Crippen MR) is 109 cm³/mol. The Morgan fingerprint density at radius 3 is 2.47 bits per heavy atom. The maximum Gasteiger partial charge on any atom is 0.374 e. The van der Waals surface area contributed by atoms with Crippen LogP contribution >= 0.6 is 0 Å². The molecule has 0 aliphatic heterocycles. The van der Waals surface area contributed by atoms with Gasteiger partial charge in [0, 0.05) is 17.7 Å². The summed E-state index contributed by atoms with van der Waals surface area (Å²) in [6, 6.07) is 17.2. The van der Waals surface area contributed by atoms with Crippen molar-refractivity contribution in [2.24, 2.45) is 0 Å². The first-order valence-corrected chi connectivity index (χ1v) is 9.24. The van der Waals surface area contributed by atoms with Gasteiger partial charge in [-0.3, -0.25) is 9.59 Å². The molecule has 0 aliphatic rings. The number of Topliss-reactive ketones (excluding diaryl/α,β-unsaturated/α-hetero) is 1. The van der Waals surface area contributed by atoms with Gasteiger partial charge < -0.3 is 19.2 Å². The molecule has 30 heavy (non-hydrogen) atoms. The van der Waals surface area contributed by atoms with Crippen molar-refractivity contribution in [3.05, 3.63) is 77.6 Å². The van der Waals surface area contributed by atoms with Crippen molar-refractivity contribution in [2.75, 3.05) is 13.7 Å². The lowest BCUT2D eigenvalue weighted by molar-refractivity contribution is -0.124. The first kappa shape index (κ1) is 20.9. The van der Waals surface area contributed by atoms with Crippen LogP contribution in [0.4, 0.5) is 0 Å². The molecule has 7 nitrogen and oxygen atoms in total. The van der Waals surface area contributed by atoms with Crippen LogP contribution in [0.5, 0.6) is 5.75 Å². The summed E-state index contributed by atoms with van der Waals surface area (Å²) in [7, 11) is 1.57. The van der Waals surface area contributed by atoms with Crippen LogP contribution in [0.25, 0.3) is 11.3 Å². The number of carbonyl (C=O) groups is 3. The van der Waals surface area contributed by atoms with Gasteiger partial charge in [0.1, 0.15) is 11.5 Å². The number of ketones is 1. The molecule has 0 atom stereocenters. The number of ether oxygens (including phenoxy) is 2. The number of hydrogen-bond donors (Lipinski definition) is 1. The maximum atomic E-state index is 12.1. The summed E-state index contributed by atoms with van der Waals surface area (Å²) in [5.74, 6) is -0.0654. The van der Waals surface area contributed by atoms with E-state index >= 15 is 0 Å². The molecule has 1 aromatic heterocycles. The largest absolute Gasteiger partial charge is 0.497 e. The quantitative estimate of drug-likeness (QED) is 0.453. The van der Waals surface area contributed by atoms with Gasteiger partial charge in [0.2, 0.25) is 5.76 Å². The van der Waals surface area contributed by atoms with Crippen molar-refractivity contribution in [1.29, 1.82) is 0 Å². The number of rotatable bonds is 8. The fourth-order valence-electron chi connectivity index (χ4n) is 2.71. The third-order valence-electron chi connectivity index (χ3n) is 4.34. The Kier molecular flexibility index (Phi) is 6.64. The molecule has 3 aromatic rings. The number of hydrogen-bond acceptors (Lipinski definition) is 6. The summed E-state index contributed by atoms with van der Waals surface area (Å²) in [6.45, 7) is 1.35. The van der Waals surface area contributed by atoms with Crippen LogP contribution in [0.1, 0.15) is 33.4 Å². The van der Waals surface area contributed by atoms with Gasteiger partial charge in [0.15, 0.2) is 12.4 Å². The highest BCUT2D eigenvalue weighted by molar-refractivity contribution is 5.94. The van der Waals surface area contributed by atoms with E-state index in [-0.39, 0.29) is 18.1 Å². The molecule has 154 valence electrons. The average molecular weight is 407 g/mol. The number of methoxy groups -OCH3 is 1. The minimum absolute atomic E-state index is 0.0127. The summed E-state index contributed by atoms with van der Waals surface area (Å²) < 4.78 is 15.7. The van der Waals surface area contributed by atoms with Gasteiger partial charge in [-0.05, 0) is 36.8 Å². The Labute approximate surface area is 173 Å². The molecule has 0 unspecified atom stereocenters. The van der Waals surface area contributed by atoms with E-state index in [0.29, 0.717) is 17.1 Å². The number of benzene rings is 2. The third kappa shape index (κ3) is 5.35. The van der Waals surface area contributed by atoms with Gasteiger partial charge in [-0.2, -0.15) is 0 Å². The Bertz CT molecular complexity index is 1050. The molecule has 7 heteroatoms. The van der Waals surface area contributed by atoms with Crippen molar-refractivity contribution >= 4 is 17.7 Å². The minimum atomic E-state index is -0.738. The molecule has 0 bridgehead atoms. The molecule has 0 spiro atoms. The highest BCUT2D eigenvalue weighted by Gasteiger charge is 2.15. The SMILES string of the molecule is COc1cccc(CNC(=O)COC(=O)c2ccc(-c3ccc(C(C)=O)cc3)o2)c1. The van der Waals surface area contributed by atoms with Crippen LogP contribution in [0.3, 0.4) is 0 Å². The van der Waals surface area contributed by atoms with Gasteiger partial charge >= 0.3 is 5.97 Å². The van der Waals surface area contributed by atoms with Crippen LogP contribution in [-0.4, -0.2) is 31.4 Å². The van der Waals surface area contributed by atoms with Crippen molar-refractivity contribution in [2.45, 2.75) is 13.5 Å². The standard InChI is InChI=1S/C23H21NO6/c1-15(25)17-6-8-18(9-7-17)20-10-11-21(30-20)23(27)29-14-22(26)24-13-16-4-3-5-19(12-16)28-2/h3-12H,13-14H2,1-2H3,(H,24,26). The third-order valence-corrected chi connectivity index (χ3v) is 4.34. The molecule has 0 saturated heterocycles. The van der Waals surface area contributed by atoms with Gasteiger partial charge in [0.05, 0.1) is 7.11 Å². The first-order chi connectivity index (χ1) is 14.5. The minimum Gasteiger partial charge on any atom is -0.497 e. The van der Waals surface area contributed by atoms with Gasteiger partial charge in [-0.25, -0.2) is 4.79 Å². The Balaban J connectivity index is 1.51. The summed E-state index contributed by atoms with van der Waals surface area (Å²) in [4.78, 5) is 35.4. The normalized spacial score (nSPS) is 10.3. The number of amides is 1. The lowest BCUT2D eigenvalue weighted by atomic mass is 10.1. The Hall–Kier alpha value is -3.87. The molecule has 1 amide bonds. The molecule has 0 saturated carbocycles. The number of carbonyl (C=O) groups excluding carboxylic acids is 3. The van der Waals surface area contributed by atoms with Crippen molar-refractivity contribution < 1.29 is 28.3 Å². The van der Waals surface area contributed by atoms with Gasteiger partial charge in [-0.15, -0.1) is 0 Å². The molecule has 0 fully saturated rings. The van der Waals surface area contributed by atoms with E-state index in [4.69, 9.17) is 13.9 Å². The second-order valence-electron chi connectivity index (χ2n) is 6.50. The van der Waals surface area contributed by atoms with Crippen LogP contribution in [-0.2, 0) is 16.1 Å². The van der Waals surface area contributed by atoms with E-state index in [9.17, 15) is 14.4 Å². The van der Waals surface area contributed by atoms with Crippen LogP contribution in [0, 0.1) is 0 Å². The topological polar surface area (TPSA) is 94.8 Å². The van der Waals surface area contributed by atoms with Crippen LogP contribution in [0.2, 0.25) is 0 Å². The number of esters is 1. The van der Waals surface area contributed by atoms with Crippen molar-refractivity contribution in [3.63, 3.8) is 0 Å². The van der Waals surface area contributed by atoms with E-state index in [2.05, 4.69) is 5.32 Å². The van der Waals surface area contributed by atoms with Crippen LogP contribution in [0.15, 0.2) is 65.1 Å². The maximum absolute atomic E-state index is 12.1. The Morgan fingerprint density at radius 1 is 1.00 bits per heavy atom. The summed E-state index contributed by atoms with van der Waals surface area (Å²) >= 11 is 0. The molecule has 1 N–H and O–H groups in total. The van der Waals surface area contributed by atoms with E-state index in [1.165, 1.54) is 13.0 Å². The highest BCUT2D eigenvalue weighted by Crippen LogP contribution is 2.23. The summed E-state index contributed by atoms with van der Waals surface area (Å²) in [5.41, 5.74) is 2.17. The summed E-state index contributed by atoms with van der Waals surface area (Å²) in [5, 5.41) is 2.67. The van der Waals surface area contributed by atoms with Crippen LogP contribution < -0.4 is 10.1 Å². The first-order valence-electron chi connectivity index (χ1n) is 9.24. The lowest BCUT2D eigenvalue weighted by Gasteiger charge is -2.07. The molecule has 3 rings (SSSR count). The zero-order valence-electron chi connectivity index (χ0n) is 16.6. The van der Waals surface area contributed by atoms with Crippen molar-refractivity contribution in [3.8, 4) is 17.1 Å².